The smallest absolute Gasteiger partial charge is 0.222 e. The molecule has 0 saturated carbocycles. The fourth-order valence-electron chi connectivity index (χ4n) is 5.89. The van der Waals surface area contributed by atoms with Gasteiger partial charge >= 0.3 is 0 Å². The molecule has 404 valence electrons. The number of nitrogens with zero attached hydrogens (tertiary/aromatic N) is 3. The molecule has 2 aromatic heterocycles. The first-order valence-electron chi connectivity index (χ1n) is 24.6. The number of hydrogen-bond donors (Lipinski definition) is 0. The van der Waals surface area contributed by atoms with Gasteiger partial charge in [0.15, 0.2) is 22.6 Å². The lowest BCUT2D eigenvalue weighted by molar-refractivity contribution is 0.506. The molecule has 0 unspecified atom stereocenters. The molecule has 0 bridgehead atoms. The maximum absolute atomic E-state index is 13.0. The van der Waals surface area contributed by atoms with Crippen molar-refractivity contribution in [3.05, 3.63) is 239 Å². The largest absolute Gasteiger partial charge is 0.244 e. The third-order valence-electron chi connectivity index (χ3n) is 11.0. The zero-order valence-electron chi connectivity index (χ0n) is 45.4. The highest BCUT2D eigenvalue weighted by Crippen LogP contribution is 2.24. The van der Waals surface area contributed by atoms with Crippen molar-refractivity contribution in [1.29, 1.82) is 0 Å². The Balaban J connectivity index is 0.000000438. The third-order valence-corrected chi connectivity index (χ3v) is 12.0. The Kier molecular flexibility index (Phi) is 31.6. The van der Waals surface area contributed by atoms with Crippen molar-refractivity contribution < 1.29 is 26.3 Å². The van der Waals surface area contributed by atoms with Crippen LogP contribution in [0.2, 0.25) is 20.4 Å². The van der Waals surface area contributed by atoms with E-state index in [0.717, 1.165) is 33.3 Å². The molecule has 0 N–H and O–H groups in total. The van der Waals surface area contributed by atoms with E-state index >= 15 is 0 Å². The van der Waals surface area contributed by atoms with Crippen LogP contribution in [0.4, 0.5) is 32.0 Å². The normalized spacial score (nSPS) is 10.4. The SMILES string of the molecule is CC(C)c1ccc(Cl)c(F)c1.CC(C)c1ccc(Cl)cc1.CC(C)c1ccc(Cl)nc1.CC(C)c1ccc(F)c(F)c1.CC(C)c1ccc(F)cc1.CC(C)c1cnc(Cl)c(F)c1.[C-]#[N+]c1ccc(C(C)C)cc1F. The molecule has 0 fully saturated rings. The predicted molar refractivity (Wildman–Crippen MR) is 305 cm³/mol. The van der Waals surface area contributed by atoms with E-state index in [1.807, 2.05) is 104 Å². The molecule has 3 nitrogen and oxygen atoms in total. The Morgan fingerprint density at radius 2 is 0.733 bits per heavy atom. The molecule has 0 aliphatic carbocycles. The molecule has 0 amide bonds. The fourth-order valence-corrected chi connectivity index (χ4v) is 6.35. The highest BCUT2D eigenvalue weighted by Gasteiger charge is 2.08. The van der Waals surface area contributed by atoms with E-state index in [4.69, 9.17) is 53.0 Å². The van der Waals surface area contributed by atoms with Gasteiger partial charge in [0.05, 0.1) is 11.6 Å². The third kappa shape index (κ3) is 26.8. The lowest BCUT2D eigenvalue weighted by Gasteiger charge is -2.04. The first-order valence-corrected chi connectivity index (χ1v) is 26.1. The summed E-state index contributed by atoms with van der Waals surface area (Å²) in [6.45, 7) is 35.3. The molecule has 0 aliphatic heterocycles. The molecular formula is C62H71Cl4F6N3. The molecule has 13 heteroatoms. The van der Waals surface area contributed by atoms with Crippen LogP contribution in [0.15, 0.2) is 134 Å². The van der Waals surface area contributed by atoms with Gasteiger partial charge in [-0.1, -0.05) is 198 Å². The minimum atomic E-state index is -0.783. The zero-order chi connectivity index (χ0) is 57.1. The highest BCUT2D eigenvalue weighted by atomic mass is 35.5. The average molecular weight is 1110 g/mol. The summed E-state index contributed by atoms with van der Waals surface area (Å²) in [5.41, 5.74) is 7.44. The van der Waals surface area contributed by atoms with Crippen LogP contribution >= 0.6 is 46.4 Å². The van der Waals surface area contributed by atoms with Gasteiger partial charge in [-0.15, -0.1) is 0 Å². The zero-order valence-corrected chi connectivity index (χ0v) is 48.4. The second-order valence-corrected chi connectivity index (χ2v) is 20.9. The van der Waals surface area contributed by atoms with Crippen LogP contribution in [-0.2, 0) is 0 Å². The Labute approximate surface area is 463 Å². The summed E-state index contributed by atoms with van der Waals surface area (Å²) in [5.74, 6) is -0.120. The van der Waals surface area contributed by atoms with Gasteiger partial charge in [-0.25, -0.2) is 41.2 Å². The van der Waals surface area contributed by atoms with E-state index in [2.05, 4.69) is 68.5 Å². The van der Waals surface area contributed by atoms with Crippen molar-refractivity contribution in [2.45, 2.75) is 138 Å². The molecule has 0 spiro atoms. The Bertz CT molecular complexity index is 2520. The summed E-state index contributed by atoms with van der Waals surface area (Å²) in [7, 11) is 0. The quantitative estimate of drug-likeness (QED) is 0.0904. The van der Waals surface area contributed by atoms with E-state index in [9.17, 15) is 26.3 Å². The van der Waals surface area contributed by atoms with E-state index in [-0.39, 0.29) is 39.3 Å². The van der Waals surface area contributed by atoms with Crippen molar-refractivity contribution in [2.24, 2.45) is 0 Å². The Morgan fingerprint density at radius 1 is 0.360 bits per heavy atom. The first-order chi connectivity index (χ1) is 35.1. The van der Waals surface area contributed by atoms with E-state index < -0.39 is 23.3 Å². The van der Waals surface area contributed by atoms with Gasteiger partial charge in [0, 0.05) is 17.4 Å². The first kappa shape index (κ1) is 67.6. The molecule has 0 radical (unpaired) electrons. The molecule has 0 atom stereocenters. The lowest BCUT2D eigenvalue weighted by Crippen LogP contribution is -1.91. The molecule has 5 aromatic carbocycles. The van der Waals surface area contributed by atoms with E-state index in [0.29, 0.717) is 34.7 Å². The van der Waals surface area contributed by atoms with Gasteiger partial charge in [0.1, 0.15) is 22.6 Å². The van der Waals surface area contributed by atoms with Crippen LogP contribution in [0.1, 0.15) is 177 Å². The van der Waals surface area contributed by atoms with Crippen molar-refractivity contribution in [2.75, 3.05) is 0 Å². The Morgan fingerprint density at radius 3 is 1.12 bits per heavy atom. The minimum absolute atomic E-state index is 0.0607. The summed E-state index contributed by atoms with van der Waals surface area (Å²) < 4.78 is 75.9. The van der Waals surface area contributed by atoms with Gasteiger partial charge in [0.25, 0.3) is 0 Å². The molecule has 7 rings (SSSR count). The summed E-state index contributed by atoms with van der Waals surface area (Å²) in [6.07, 6.45) is 3.41. The lowest BCUT2D eigenvalue weighted by atomic mass is 10.0. The Hall–Kier alpha value is -5.37. The van der Waals surface area contributed by atoms with E-state index in [1.54, 1.807) is 24.4 Å². The second-order valence-electron chi connectivity index (χ2n) is 19.3. The van der Waals surface area contributed by atoms with Gasteiger partial charge < -0.3 is 0 Å². The van der Waals surface area contributed by atoms with Crippen molar-refractivity contribution >= 4 is 52.1 Å². The predicted octanol–water partition coefficient (Wildman–Crippen LogP) is 22.5. The van der Waals surface area contributed by atoms with Crippen LogP contribution < -0.4 is 0 Å². The van der Waals surface area contributed by atoms with Gasteiger partial charge in [-0.2, -0.15) is 0 Å². The maximum atomic E-state index is 13.0. The average Bonchev–Trinajstić information content (AvgIpc) is 3.35. The molecule has 7 aromatic rings. The summed E-state index contributed by atoms with van der Waals surface area (Å²) in [5, 5.41) is 1.50. The second kappa shape index (κ2) is 35.1. The van der Waals surface area contributed by atoms with Crippen LogP contribution in [0.25, 0.3) is 4.85 Å². The van der Waals surface area contributed by atoms with Gasteiger partial charge in [0.2, 0.25) is 5.69 Å². The standard InChI is InChI=1S/C10H10FN.C9H10ClF.C9H11Cl.C9H10F2.C9H11F.C8H9ClFN.C8H10ClN/c1-7(2)8-4-5-10(12-3)9(11)6-8;1-6(2)7-3-4-8(10)9(11)5-7;1-7(2)8-3-5-9(10)6-4-8;1-6(2)7-3-4-8(10)9(11)5-7;1-7(2)8-3-5-9(10)6-4-8;1-5(2)6-3-7(10)8(9)11-4-6;1-6(2)7-3-4-8(9)10-5-7/h4-7H,1-2H3;3-6H,1-2H3;3-7H,1-2H3;3-6H,1-2H3;3-7H,1-2H3;3-5H,1-2H3;3-6H,1-2H3. The maximum Gasteiger partial charge on any atom is 0.222 e. The van der Waals surface area contributed by atoms with Crippen LogP contribution in [0.5, 0.6) is 0 Å². The molecular weight excluding hydrogens is 1040 g/mol. The minimum Gasteiger partial charge on any atom is -0.244 e. The molecule has 0 aliphatic rings. The monoisotopic (exact) mass is 1110 g/mol. The fraction of sp³-hybridized carbons (Fsp3) is 0.339. The number of halogens is 10. The van der Waals surface area contributed by atoms with Gasteiger partial charge in [-0.05, 0) is 147 Å². The highest BCUT2D eigenvalue weighted by molar-refractivity contribution is 6.31. The van der Waals surface area contributed by atoms with E-state index in [1.165, 1.54) is 59.2 Å². The van der Waals surface area contributed by atoms with Crippen LogP contribution in [-0.4, -0.2) is 9.97 Å². The number of aromatic nitrogens is 2. The summed E-state index contributed by atoms with van der Waals surface area (Å²) in [6, 6.07) is 33.5. The number of rotatable bonds is 7. The van der Waals surface area contributed by atoms with Crippen LogP contribution in [0, 0.1) is 41.5 Å². The van der Waals surface area contributed by atoms with Crippen molar-refractivity contribution in [3.63, 3.8) is 0 Å². The summed E-state index contributed by atoms with van der Waals surface area (Å²) >= 11 is 22.2. The topological polar surface area (TPSA) is 30.1 Å². The van der Waals surface area contributed by atoms with Crippen LogP contribution in [0.3, 0.4) is 0 Å². The van der Waals surface area contributed by atoms with Crippen molar-refractivity contribution in [3.8, 4) is 0 Å². The van der Waals surface area contributed by atoms with Crippen molar-refractivity contribution in [1.82, 2.24) is 9.97 Å². The number of hydrogen-bond acceptors (Lipinski definition) is 2. The number of benzene rings is 5. The molecule has 75 heavy (non-hydrogen) atoms. The van der Waals surface area contributed by atoms with Gasteiger partial charge in [-0.3, -0.25) is 0 Å². The molecule has 0 saturated heterocycles. The number of pyridine rings is 2. The summed E-state index contributed by atoms with van der Waals surface area (Å²) in [4.78, 5) is 10.7. The molecule has 2 heterocycles.